The van der Waals surface area contributed by atoms with Gasteiger partial charge in [-0.15, -0.1) is 0 Å². The van der Waals surface area contributed by atoms with E-state index in [1.807, 2.05) is 4.90 Å². The molecule has 2 aromatic heterocycles. The Balaban J connectivity index is 1.42. The molecule has 0 atom stereocenters. The zero-order valence-corrected chi connectivity index (χ0v) is 21.2. The topological polar surface area (TPSA) is 53.7 Å². The number of fused-ring (bicyclic) bond motifs is 1. The highest BCUT2D eigenvalue weighted by Gasteiger charge is 2.60. The maximum atomic E-state index is 14.6. The van der Waals surface area contributed by atoms with Gasteiger partial charge < -0.3 is 4.90 Å². The molecule has 1 aliphatic heterocycles. The van der Waals surface area contributed by atoms with Gasteiger partial charge in [0, 0.05) is 49.4 Å². The minimum Gasteiger partial charge on any atom is -0.335 e. The molecule has 40 heavy (non-hydrogen) atoms. The fourth-order valence-electron chi connectivity index (χ4n) is 4.38. The monoisotopic (exact) mass is 585 g/mol. The average molecular weight is 586 g/mol. The fraction of sp³-hybridized carbons (Fsp3) is 0.269. The summed E-state index contributed by atoms with van der Waals surface area (Å²) < 4.78 is 96.2. The van der Waals surface area contributed by atoms with E-state index in [1.165, 1.54) is 29.2 Å². The molecule has 5 rings (SSSR count). The summed E-state index contributed by atoms with van der Waals surface area (Å²) in [5.41, 5.74) is -1.80. The van der Waals surface area contributed by atoms with Gasteiger partial charge in [0.2, 0.25) is 0 Å². The van der Waals surface area contributed by atoms with Crippen LogP contribution in [0.1, 0.15) is 21.7 Å². The van der Waals surface area contributed by atoms with E-state index >= 15 is 0 Å². The highest BCUT2D eigenvalue weighted by Crippen LogP contribution is 2.44. The predicted molar refractivity (Wildman–Crippen MR) is 131 cm³/mol. The Morgan fingerprint density at radius 3 is 2.15 bits per heavy atom. The first-order chi connectivity index (χ1) is 18.8. The third-order valence-corrected chi connectivity index (χ3v) is 6.88. The van der Waals surface area contributed by atoms with Crippen LogP contribution in [0, 0.1) is 11.6 Å². The van der Waals surface area contributed by atoms with E-state index < -0.39 is 41.0 Å². The lowest BCUT2D eigenvalue weighted by Crippen LogP contribution is -2.48. The Kier molecular flexibility index (Phi) is 7.21. The number of amides is 1. The molecule has 1 saturated heterocycles. The normalized spacial score (nSPS) is 15.2. The maximum absolute atomic E-state index is 14.6. The minimum atomic E-state index is -5.96. The number of nitrogens with zero attached hydrogens (tertiary/aromatic N) is 5. The molecule has 2 aromatic carbocycles. The molecule has 0 unspecified atom stereocenters. The van der Waals surface area contributed by atoms with Gasteiger partial charge in [-0.2, -0.15) is 27.1 Å². The van der Waals surface area contributed by atoms with Crippen LogP contribution in [0.4, 0.5) is 30.7 Å². The van der Waals surface area contributed by atoms with Crippen molar-refractivity contribution in [3.05, 3.63) is 88.2 Å². The van der Waals surface area contributed by atoms with Crippen LogP contribution in [0.3, 0.4) is 0 Å². The van der Waals surface area contributed by atoms with Gasteiger partial charge in [-0.3, -0.25) is 9.69 Å². The van der Waals surface area contributed by atoms with E-state index in [4.69, 9.17) is 11.6 Å². The fourth-order valence-corrected chi connectivity index (χ4v) is 4.61. The molecule has 0 spiro atoms. The second-order valence-corrected chi connectivity index (χ2v) is 9.62. The number of carbonyl (C=O) groups is 1. The number of halogens is 8. The molecule has 0 N–H and O–H groups in total. The van der Waals surface area contributed by atoms with E-state index in [0.717, 1.165) is 18.2 Å². The first-order valence-corrected chi connectivity index (χ1v) is 12.3. The van der Waals surface area contributed by atoms with Crippen molar-refractivity contribution in [2.24, 2.45) is 0 Å². The number of aromatic nitrogens is 3. The number of rotatable bonds is 5. The molecule has 0 radical (unpaired) electrons. The molecule has 0 bridgehead atoms. The van der Waals surface area contributed by atoms with Gasteiger partial charge in [0.05, 0.1) is 5.69 Å². The average Bonchev–Trinajstić information content (AvgIpc) is 3.34. The van der Waals surface area contributed by atoms with Gasteiger partial charge in [-0.05, 0) is 48.0 Å². The number of piperazine rings is 1. The lowest BCUT2D eigenvalue weighted by Gasteiger charge is -2.34. The van der Waals surface area contributed by atoms with E-state index in [1.54, 1.807) is 6.07 Å². The lowest BCUT2D eigenvalue weighted by atomic mass is 10.1. The van der Waals surface area contributed by atoms with Crippen molar-refractivity contribution in [2.75, 3.05) is 26.2 Å². The van der Waals surface area contributed by atoms with Crippen LogP contribution in [-0.2, 0) is 12.5 Å². The van der Waals surface area contributed by atoms with Gasteiger partial charge in [-0.25, -0.2) is 18.3 Å². The number of carbonyl (C=O) groups excluding carboxylic acids is 1. The quantitative estimate of drug-likeness (QED) is 0.272. The van der Waals surface area contributed by atoms with Crippen molar-refractivity contribution in [3.8, 4) is 11.3 Å². The summed E-state index contributed by atoms with van der Waals surface area (Å²) >= 11 is 6.09. The van der Waals surface area contributed by atoms with Gasteiger partial charge in [0.25, 0.3) is 5.91 Å². The van der Waals surface area contributed by atoms with Crippen LogP contribution < -0.4 is 0 Å². The summed E-state index contributed by atoms with van der Waals surface area (Å²) in [7, 11) is 0. The molecule has 6 nitrogen and oxygen atoms in total. The van der Waals surface area contributed by atoms with Crippen LogP contribution in [-0.4, -0.2) is 62.7 Å². The van der Waals surface area contributed by atoms with Crippen molar-refractivity contribution in [1.29, 1.82) is 0 Å². The Bertz CT molecular complexity index is 1560. The molecule has 210 valence electrons. The van der Waals surface area contributed by atoms with Gasteiger partial charge in [-0.1, -0.05) is 17.7 Å². The third-order valence-electron chi connectivity index (χ3n) is 6.53. The summed E-state index contributed by atoms with van der Waals surface area (Å²) in [6, 6.07) is 10.0. The zero-order chi connectivity index (χ0) is 28.8. The van der Waals surface area contributed by atoms with E-state index in [9.17, 15) is 35.5 Å². The van der Waals surface area contributed by atoms with Crippen molar-refractivity contribution >= 4 is 23.2 Å². The molecule has 1 amide bonds. The zero-order valence-electron chi connectivity index (χ0n) is 20.4. The number of hydrogen-bond acceptors (Lipinski definition) is 4. The second-order valence-electron chi connectivity index (χ2n) is 9.21. The van der Waals surface area contributed by atoms with E-state index in [2.05, 4.69) is 10.1 Å². The van der Waals surface area contributed by atoms with Crippen molar-refractivity contribution in [3.63, 3.8) is 0 Å². The summed E-state index contributed by atoms with van der Waals surface area (Å²) in [5.74, 6) is -7.10. The highest BCUT2D eigenvalue weighted by molar-refractivity contribution is 6.31. The van der Waals surface area contributed by atoms with Crippen molar-refractivity contribution in [2.45, 2.75) is 18.6 Å². The lowest BCUT2D eigenvalue weighted by molar-refractivity contribution is -0.291. The number of benzene rings is 2. The van der Waals surface area contributed by atoms with Crippen LogP contribution in [0.25, 0.3) is 16.9 Å². The largest absolute Gasteiger partial charge is 0.459 e. The summed E-state index contributed by atoms with van der Waals surface area (Å²) in [4.78, 5) is 20.7. The molecule has 14 heteroatoms. The summed E-state index contributed by atoms with van der Waals surface area (Å²) in [6.45, 7) is 1.63. The standard InChI is InChI=1S/C26H19ClF7N5O/c27-19-11-18(29)6-3-16(19)14-37-7-9-38(10-8-37)24(40)21-13-23-35-20(15-1-4-17(28)5-2-15)12-22(39(23)36-21)25(30,31)26(32,33)34/h1-6,11-13H,7-10,14H2. The van der Waals surface area contributed by atoms with Gasteiger partial charge in [0.1, 0.15) is 17.3 Å². The van der Waals surface area contributed by atoms with Crippen LogP contribution >= 0.6 is 11.6 Å². The molecule has 3 heterocycles. The Hall–Kier alpha value is -3.71. The summed E-state index contributed by atoms with van der Waals surface area (Å²) in [6.07, 6.45) is -5.96. The van der Waals surface area contributed by atoms with E-state index in [-0.39, 0.29) is 35.1 Å². The van der Waals surface area contributed by atoms with Crippen molar-refractivity contribution in [1.82, 2.24) is 24.4 Å². The highest BCUT2D eigenvalue weighted by atomic mass is 35.5. The van der Waals surface area contributed by atoms with Crippen LogP contribution in [0.15, 0.2) is 54.6 Å². The smallest absolute Gasteiger partial charge is 0.335 e. The third kappa shape index (κ3) is 5.35. The predicted octanol–water partition coefficient (Wildman–Crippen LogP) is 5.94. The molecule has 0 aliphatic carbocycles. The first-order valence-electron chi connectivity index (χ1n) is 11.9. The van der Waals surface area contributed by atoms with Crippen molar-refractivity contribution < 1.29 is 35.5 Å². The molecule has 4 aromatic rings. The SMILES string of the molecule is O=C(c1cc2nc(-c3ccc(F)cc3)cc(C(F)(F)C(F)(F)F)n2n1)N1CCN(Cc2ccc(F)cc2Cl)CC1. The Morgan fingerprint density at radius 2 is 1.52 bits per heavy atom. The molecular formula is C26H19ClF7N5O. The minimum absolute atomic E-state index is 0.0922. The summed E-state index contributed by atoms with van der Waals surface area (Å²) in [5, 5.41) is 4.05. The molecule has 0 saturated carbocycles. The Morgan fingerprint density at radius 1 is 0.875 bits per heavy atom. The van der Waals surface area contributed by atoms with E-state index in [0.29, 0.717) is 35.8 Å². The Labute approximate surface area is 227 Å². The molecule has 1 fully saturated rings. The maximum Gasteiger partial charge on any atom is 0.459 e. The van der Waals surface area contributed by atoms with Crippen LogP contribution in [0.5, 0.6) is 0 Å². The van der Waals surface area contributed by atoms with Crippen LogP contribution in [0.2, 0.25) is 5.02 Å². The molecule has 1 aliphatic rings. The second kappa shape index (κ2) is 10.4. The molecular weight excluding hydrogens is 567 g/mol. The van der Waals surface area contributed by atoms with Gasteiger partial charge in [0.15, 0.2) is 11.3 Å². The number of alkyl halides is 5. The first kappa shape index (κ1) is 27.8. The number of hydrogen-bond donors (Lipinski definition) is 0. The van der Waals surface area contributed by atoms with Gasteiger partial charge >= 0.3 is 12.1 Å².